The summed E-state index contributed by atoms with van der Waals surface area (Å²) in [6, 6.07) is -7.22. The normalized spacial score (nSPS) is 24.7. The van der Waals surface area contributed by atoms with E-state index in [0.717, 1.165) is 12.5 Å². The maximum absolute atomic E-state index is 15.1. The minimum Gasteiger partial charge on any atom is -0.441 e. The number of ether oxygens (including phenoxy) is 5. The lowest BCUT2D eigenvalue weighted by Gasteiger charge is -2.47. The highest BCUT2D eigenvalue weighted by Gasteiger charge is 2.53. The van der Waals surface area contributed by atoms with Crippen molar-refractivity contribution in [2.24, 2.45) is 28.9 Å². The second-order valence-electron chi connectivity index (χ2n) is 20.4. The molecule has 0 aromatic carbocycles. The van der Waals surface area contributed by atoms with Gasteiger partial charge in [-0.2, -0.15) is 0 Å². The first-order valence-corrected chi connectivity index (χ1v) is 28.7. The first kappa shape index (κ1) is 69.7. The molecule has 88 heavy (non-hydrogen) atoms. The molecule has 2 fully saturated rings. The zero-order valence-corrected chi connectivity index (χ0v) is 49.1. The summed E-state index contributed by atoms with van der Waals surface area (Å²) in [6.45, 7) is 3.18. The number of aldehydes is 1. The molecule has 38 heteroatoms. The van der Waals surface area contributed by atoms with Gasteiger partial charge in [-0.3, -0.25) is 33.6 Å². The van der Waals surface area contributed by atoms with Crippen LogP contribution >= 0.6 is 22.7 Å². The predicted molar refractivity (Wildman–Crippen MR) is 301 cm³/mol. The van der Waals surface area contributed by atoms with Gasteiger partial charge in [0.1, 0.15) is 94.6 Å². The van der Waals surface area contributed by atoms with E-state index in [1.165, 1.54) is 56.8 Å². The standard InChI is InChI=1S/C50H71N16O20S2/c1-17(43(77)64-31(20(4)70)44(78)57-6-5-29-62-25(15-87-29)47-61-21(11-67)14-88-47)7-18(2)60-46(80)32(65-45(79)30-19(3)40(53)66-42(63-30)23(8-28(52)71)58-9-22(51)41(54)76)37(24-10-56-16-59-24)84-49-39(35(74)33(72)26(12-68)83-49)85-48-36(75)38(86-50(55)81)34(73)27(13-69)82-48/h7,10-11,14-18,20,22-23,26-27,31-39,48-49,58,68-70,72-75H,5-6,8-9,12-13,51H2,1-4H3,(H2,52,71)(H2,54,76)(H2,55,81)(H,56,59)(H,57,78)(H,60,80)(H,64,77)(H,65,79)(H2,53,63,66)/t17-,18+,20-,22-,23+,26-,27-,31-,32+,33+,34-,35-,36+,37-,38+,39-,48-,49-/m1/s1. The molecule has 4 aromatic rings. The highest BCUT2D eigenvalue weighted by atomic mass is 32.1. The minimum atomic E-state index is -2.16. The third-order valence-corrected chi connectivity index (χ3v) is 15.5. The van der Waals surface area contributed by atoms with Crippen LogP contribution in [0.3, 0.4) is 0 Å². The highest BCUT2D eigenvalue weighted by molar-refractivity contribution is 7.14. The van der Waals surface area contributed by atoms with Gasteiger partial charge in [-0.05, 0) is 27.2 Å². The monoisotopic (exact) mass is 1280 g/mol. The molecule has 0 saturated carbocycles. The molecule has 6 rings (SSSR count). The van der Waals surface area contributed by atoms with Crippen LogP contribution in [-0.2, 0) is 54.1 Å². The molecule has 0 aliphatic carbocycles. The second-order valence-corrected chi connectivity index (χ2v) is 22.2. The smallest absolute Gasteiger partial charge is 0.404 e. The van der Waals surface area contributed by atoms with E-state index < -0.39 is 177 Å². The maximum Gasteiger partial charge on any atom is 0.404 e. The number of nitrogens with two attached hydrogens (primary N) is 5. The number of anilines is 1. The van der Waals surface area contributed by atoms with Crippen molar-refractivity contribution in [3.05, 3.63) is 63.2 Å². The second kappa shape index (κ2) is 31.7. The van der Waals surface area contributed by atoms with Gasteiger partial charge in [0.05, 0.1) is 54.6 Å². The summed E-state index contributed by atoms with van der Waals surface area (Å²) in [7, 11) is 0. The van der Waals surface area contributed by atoms with Crippen molar-refractivity contribution in [2.45, 2.75) is 144 Å². The number of aromatic amines is 1. The summed E-state index contributed by atoms with van der Waals surface area (Å²) in [5.74, 6) is -7.48. The van der Waals surface area contributed by atoms with Gasteiger partial charge < -0.3 is 120 Å². The van der Waals surface area contributed by atoms with E-state index in [0.29, 0.717) is 22.0 Å². The van der Waals surface area contributed by atoms with Crippen LogP contribution in [0.4, 0.5) is 10.6 Å². The molecule has 18 atom stereocenters. The molecule has 23 N–H and O–H groups in total. The molecular weight excluding hydrogens is 1210 g/mol. The topological polar surface area (TPSA) is 595 Å². The number of rotatable bonds is 31. The fraction of sp³-hybridized carbons (Fsp3) is 0.560. The number of imidazole rings is 1. The number of carbonyl (C=O) groups excluding carboxylic acids is 8. The van der Waals surface area contributed by atoms with Crippen molar-refractivity contribution >= 4 is 76.3 Å². The van der Waals surface area contributed by atoms with E-state index in [1.807, 2.05) is 0 Å². The number of hydrogen-bond donors (Lipinski definition) is 18. The van der Waals surface area contributed by atoms with Crippen LogP contribution in [0, 0.1) is 19.3 Å². The highest BCUT2D eigenvalue weighted by Crippen LogP contribution is 2.35. The molecule has 6 heterocycles. The number of nitrogens with one attached hydrogen (secondary N) is 6. The zero-order chi connectivity index (χ0) is 64.8. The average Bonchev–Trinajstić information content (AvgIpc) is 1.98. The van der Waals surface area contributed by atoms with Gasteiger partial charge in [0.25, 0.3) is 5.91 Å². The number of hydrogen-bond acceptors (Lipinski definition) is 30. The van der Waals surface area contributed by atoms with Crippen molar-refractivity contribution in [2.75, 3.05) is 32.0 Å². The molecular formula is C50H71N16O20S2. The lowest BCUT2D eigenvalue weighted by atomic mass is 9.97. The van der Waals surface area contributed by atoms with Gasteiger partial charge >= 0.3 is 6.09 Å². The lowest BCUT2D eigenvalue weighted by Crippen LogP contribution is -2.65. The number of aliphatic hydroxyl groups excluding tert-OH is 7. The first-order chi connectivity index (χ1) is 41.7. The van der Waals surface area contributed by atoms with E-state index in [4.69, 9.17) is 52.4 Å². The molecule has 7 amide bonds. The molecule has 2 aliphatic rings. The van der Waals surface area contributed by atoms with Crippen LogP contribution in [0.2, 0.25) is 0 Å². The van der Waals surface area contributed by atoms with E-state index >= 15 is 4.79 Å². The Hall–Kier alpha value is -7.41. The molecule has 2 aliphatic heterocycles. The Labute approximate surface area is 508 Å². The number of H-pyrrole nitrogens is 1. The first-order valence-electron chi connectivity index (χ1n) is 26.9. The average molecular weight is 1280 g/mol. The summed E-state index contributed by atoms with van der Waals surface area (Å²) < 4.78 is 28.7. The Balaban J connectivity index is 1.29. The largest absolute Gasteiger partial charge is 0.441 e. The number of carbonyl (C=O) groups is 8. The summed E-state index contributed by atoms with van der Waals surface area (Å²) in [4.78, 5) is 128. The van der Waals surface area contributed by atoms with E-state index in [1.54, 1.807) is 10.8 Å². The Bertz CT molecular complexity index is 3050. The van der Waals surface area contributed by atoms with Crippen LogP contribution in [0.5, 0.6) is 0 Å². The van der Waals surface area contributed by atoms with Gasteiger partial charge in [-0.1, -0.05) is 6.92 Å². The van der Waals surface area contributed by atoms with Crippen LogP contribution in [0.1, 0.15) is 82.4 Å². The minimum absolute atomic E-state index is 0.0491. The van der Waals surface area contributed by atoms with Crippen LogP contribution in [0.15, 0.2) is 23.3 Å². The molecule has 483 valence electrons. The number of thiazole rings is 2. The Kier molecular flexibility index (Phi) is 25.1. The molecule has 0 bridgehead atoms. The predicted octanol–water partition coefficient (Wildman–Crippen LogP) is -7.05. The summed E-state index contributed by atoms with van der Waals surface area (Å²) in [5.41, 5.74) is 28.2. The Morgan fingerprint density at radius 3 is 2.14 bits per heavy atom. The van der Waals surface area contributed by atoms with E-state index in [9.17, 15) is 69.3 Å². The van der Waals surface area contributed by atoms with Gasteiger partial charge in [0.2, 0.25) is 29.5 Å². The molecule has 2 saturated heterocycles. The van der Waals surface area contributed by atoms with E-state index in [-0.39, 0.29) is 48.1 Å². The lowest BCUT2D eigenvalue weighted by molar-refractivity contribution is -0.372. The van der Waals surface area contributed by atoms with Gasteiger partial charge in [-0.25, -0.2) is 29.7 Å². The SMILES string of the molecule is Cc1c(N)nc([C@H](CC(N)=O)NC[C@@H](N)C(N)=O)nc1C(=O)N[C@H](C(=O)N[C@@H](C)[CH][C@@H](C)C(=O)N[C@@H](C(=O)NCCc1nc(-c2nc(C=O)cs2)cs1)[C@@H](C)O)[C@H](O[C@H]1O[C@H](CO)[C@H](O)[C@@H](O)[C@H]1O[C@H]1O[C@H](CO)[C@@H](O)[C@H](OC(N)=O)[C@@H]1O)c1cnc[nH]1. The van der Waals surface area contributed by atoms with Crippen molar-refractivity contribution < 1.29 is 97.8 Å². The summed E-state index contributed by atoms with van der Waals surface area (Å²) in [5, 5.41) is 93.4. The van der Waals surface area contributed by atoms with Crippen LogP contribution < -0.4 is 55.3 Å². The van der Waals surface area contributed by atoms with Gasteiger partial charge in [-0.15, -0.1) is 22.7 Å². The van der Waals surface area contributed by atoms with E-state index in [2.05, 4.69) is 56.5 Å². The Morgan fingerprint density at radius 2 is 1.52 bits per heavy atom. The Morgan fingerprint density at radius 1 is 0.830 bits per heavy atom. The number of amides is 7. The van der Waals surface area contributed by atoms with Gasteiger partial charge in [0, 0.05) is 54.2 Å². The number of primary amides is 3. The molecule has 0 unspecified atom stereocenters. The zero-order valence-electron chi connectivity index (χ0n) is 47.5. The van der Waals surface area contributed by atoms with Crippen molar-refractivity contribution in [3.8, 4) is 10.7 Å². The number of nitrogens with zero attached hydrogens (tertiary/aromatic N) is 5. The molecule has 1 radical (unpaired) electrons. The van der Waals surface area contributed by atoms with Crippen molar-refractivity contribution in [1.82, 2.24) is 56.5 Å². The van der Waals surface area contributed by atoms with Crippen molar-refractivity contribution in [1.29, 1.82) is 0 Å². The molecule has 0 spiro atoms. The number of aliphatic hydroxyl groups is 7. The van der Waals surface area contributed by atoms with Crippen LogP contribution in [0.25, 0.3) is 10.7 Å². The third kappa shape index (κ3) is 17.9. The fourth-order valence-electron chi connectivity index (χ4n) is 9.00. The molecule has 4 aromatic heterocycles. The van der Waals surface area contributed by atoms with Crippen LogP contribution in [-0.4, -0.2) is 231 Å². The van der Waals surface area contributed by atoms with Gasteiger partial charge in [0.15, 0.2) is 25.0 Å². The quantitative estimate of drug-likeness (QED) is 0.0208. The number of aromatic nitrogens is 6. The maximum atomic E-state index is 15.1. The fourth-order valence-corrected chi connectivity index (χ4v) is 10.6. The number of nitrogen functional groups attached to an aromatic ring is 1. The molecule has 36 nitrogen and oxygen atoms in total. The van der Waals surface area contributed by atoms with Crippen molar-refractivity contribution in [3.63, 3.8) is 0 Å². The third-order valence-electron chi connectivity index (χ3n) is 13.7. The summed E-state index contributed by atoms with van der Waals surface area (Å²) in [6.07, 6.45) is -20.7. The summed E-state index contributed by atoms with van der Waals surface area (Å²) >= 11 is 2.53.